The van der Waals surface area contributed by atoms with Crippen LogP contribution in [0, 0.1) is 12.7 Å². The average Bonchev–Trinajstić information content (AvgIpc) is 3.12. The third-order valence-corrected chi connectivity index (χ3v) is 5.77. The Morgan fingerprint density at radius 3 is 2.52 bits per heavy atom. The maximum Gasteiger partial charge on any atom is 0.325 e. The van der Waals surface area contributed by atoms with Gasteiger partial charge in [-0.3, -0.25) is 14.5 Å². The number of hydrogen-bond donors (Lipinski definition) is 1. The molecule has 0 bridgehead atoms. The number of hydrogen-bond acceptors (Lipinski definition) is 4. The van der Waals surface area contributed by atoms with Crippen molar-refractivity contribution in [2.75, 3.05) is 13.6 Å². The molecule has 1 aliphatic heterocycles. The van der Waals surface area contributed by atoms with Gasteiger partial charge in [-0.2, -0.15) is 0 Å². The van der Waals surface area contributed by atoms with Crippen LogP contribution in [-0.4, -0.2) is 41.2 Å². The Labute approximate surface area is 160 Å². The van der Waals surface area contributed by atoms with E-state index < -0.39 is 23.3 Å². The van der Waals surface area contributed by atoms with Crippen molar-refractivity contribution >= 4 is 29.2 Å². The Kier molecular flexibility index (Phi) is 5.01. The molecule has 2 aromatic rings. The van der Waals surface area contributed by atoms with Crippen molar-refractivity contribution in [2.24, 2.45) is 0 Å². The van der Waals surface area contributed by atoms with E-state index in [9.17, 15) is 18.8 Å². The van der Waals surface area contributed by atoms with Crippen molar-refractivity contribution in [1.29, 1.82) is 0 Å². The molecule has 0 saturated carbocycles. The minimum absolute atomic E-state index is 0.338. The summed E-state index contributed by atoms with van der Waals surface area (Å²) in [6.45, 7) is 3.59. The monoisotopic (exact) mass is 389 g/mol. The number of nitrogens with zero attached hydrogens (tertiary/aromatic N) is 2. The van der Waals surface area contributed by atoms with Crippen LogP contribution in [0.25, 0.3) is 0 Å². The lowest BCUT2D eigenvalue weighted by Crippen LogP contribution is -2.43. The maximum absolute atomic E-state index is 13.2. The molecule has 2 heterocycles. The highest BCUT2D eigenvalue weighted by Gasteiger charge is 2.49. The number of likely N-dealkylation sites (N-methyl/N-ethyl adjacent to an activating group) is 1. The standard InChI is InChI=1S/C19H20FN3O3S/c1-12-8-9-27-15(12)10-22(3)16(24)11-23-17(25)19(2,21-18(23)26)13-4-6-14(20)7-5-13/h4-9H,10-11H2,1-3H3,(H,21,26). The Morgan fingerprint density at radius 1 is 1.26 bits per heavy atom. The zero-order chi connectivity index (χ0) is 19.8. The van der Waals surface area contributed by atoms with Crippen molar-refractivity contribution in [1.82, 2.24) is 15.1 Å². The van der Waals surface area contributed by atoms with Crippen molar-refractivity contribution in [2.45, 2.75) is 25.9 Å². The molecule has 3 rings (SSSR count). The van der Waals surface area contributed by atoms with Crippen molar-refractivity contribution < 1.29 is 18.8 Å². The number of thiophene rings is 1. The van der Waals surface area contributed by atoms with Crippen molar-refractivity contribution in [3.8, 4) is 0 Å². The lowest BCUT2D eigenvalue weighted by molar-refractivity contribution is -0.138. The van der Waals surface area contributed by atoms with Crippen LogP contribution < -0.4 is 5.32 Å². The first kappa shape index (κ1) is 19.0. The number of halogens is 1. The summed E-state index contributed by atoms with van der Waals surface area (Å²) >= 11 is 1.55. The fraction of sp³-hybridized carbons (Fsp3) is 0.316. The third-order valence-electron chi connectivity index (χ3n) is 4.76. The molecule has 0 spiro atoms. The summed E-state index contributed by atoms with van der Waals surface area (Å²) in [5, 5.41) is 4.56. The van der Waals surface area contributed by atoms with Gasteiger partial charge in [-0.1, -0.05) is 12.1 Å². The summed E-state index contributed by atoms with van der Waals surface area (Å²) in [6, 6.07) is 6.69. The lowest BCUT2D eigenvalue weighted by atomic mass is 9.92. The summed E-state index contributed by atoms with van der Waals surface area (Å²) in [5.74, 6) is -1.31. The van der Waals surface area contributed by atoms with Gasteiger partial charge in [0.05, 0.1) is 6.54 Å². The van der Waals surface area contributed by atoms with Crippen molar-refractivity contribution in [3.05, 3.63) is 57.5 Å². The summed E-state index contributed by atoms with van der Waals surface area (Å²) < 4.78 is 13.2. The molecule has 1 aliphatic rings. The first-order chi connectivity index (χ1) is 12.7. The molecule has 6 nitrogen and oxygen atoms in total. The van der Waals surface area contributed by atoms with Crippen LogP contribution in [0.15, 0.2) is 35.7 Å². The van der Waals surface area contributed by atoms with Gasteiger partial charge in [0.15, 0.2) is 0 Å². The van der Waals surface area contributed by atoms with E-state index in [0.29, 0.717) is 12.1 Å². The van der Waals surface area contributed by atoms with E-state index in [1.54, 1.807) is 25.3 Å². The molecule has 1 unspecified atom stereocenters. The predicted octanol–water partition coefficient (Wildman–Crippen LogP) is 2.62. The normalized spacial score (nSPS) is 19.3. The van der Waals surface area contributed by atoms with Gasteiger partial charge in [0.1, 0.15) is 17.9 Å². The van der Waals surface area contributed by atoms with Gasteiger partial charge in [0.2, 0.25) is 5.91 Å². The third kappa shape index (κ3) is 3.57. The minimum atomic E-state index is -1.33. The van der Waals surface area contributed by atoms with Gasteiger partial charge in [0, 0.05) is 11.9 Å². The fourth-order valence-corrected chi connectivity index (χ4v) is 3.90. The molecule has 4 amide bonds. The molecule has 27 heavy (non-hydrogen) atoms. The van der Waals surface area contributed by atoms with E-state index in [-0.39, 0.29) is 12.5 Å². The highest BCUT2D eigenvalue weighted by Crippen LogP contribution is 2.29. The second-order valence-corrected chi connectivity index (χ2v) is 7.73. The zero-order valence-electron chi connectivity index (χ0n) is 15.3. The van der Waals surface area contributed by atoms with Crippen LogP contribution in [0.3, 0.4) is 0 Å². The van der Waals surface area contributed by atoms with Crippen LogP contribution in [0.5, 0.6) is 0 Å². The molecule has 1 atom stereocenters. The molecule has 0 aliphatic carbocycles. The topological polar surface area (TPSA) is 69.7 Å². The number of amides is 4. The van der Waals surface area contributed by atoms with Gasteiger partial charge in [0.25, 0.3) is 5.91 Å². The molecular formula is C19H20FN3O3S. The highest BCUT2D eigenvalue weighted by molar-refractivity contribution is 7.10. The van der Waals surface area contributed by atoms with Crippen LogP contribution in [-0.2, 0) is 21.7 Å². The molecule has 1 N–H and O–H groups in total. The second kappa shape index (κ2) is 7.11. The Morgan fingerprint density at radius 2 is 1.93 bits per heavy atom. The molecule has 0 radical (unpaired) electrons. The highest BCUT2D eigenvalue weighted by atomic mass is 32.1. The van der Waals surface area contributed by atoms with Crippen LogP contribution in [0.2, 0.25) is 0 Å². The van der Waals surface area contributed by atoms with E-state index in [2.05, 4.69) is 5.32 Å². The summed E-state index contributed by atoms with van der Waals surface area (Å²) in [6.07, 6.45) is 0. The number of aryl methyl sites for hydroxylation is 1. The number of carbonyl (C=O) groups is 3. The molecular weight excluding hydrogens is 369 g/mol. The second-order valence-electron chi connectivity index (χ2n) is 6.73. The number of benzene rings is 1. The number of urea groups is 1. The van der Waals surface area contributed by atoms with Gasteiger partial charge < -0.3 is 10.2 Å². The summed E-state index contributed by atoms with van der Waals surface area (Å²) in [4.78, 5) is 41.1. The number of nitrogens with one attached hydrogen (secondary N) is 1. The maximum atomic E-state index is 13.2. The van der Waals surface area contributed by atoms with Crippen LogP contribution in [0.4, 0.5) is 9.18 Å². The number of imide groups is 1. The van der Waals surface area contributed by atoms with E-state index in [4.69, 9.17) is 0 Å². The van der Waals surface area contributed by atoms with Gasteiger partial charge in [-0.15, -0.1) is 11.3 Å². The SMILES string of the molecule is Cc1ccsc1CN(C)C(=O)CN1C(=O)NC(C)(c2ccc(F)cc2)C1=O. The first-order valence-electron chi connectivity index (χ1n) is 8.39. The molecule has 1 fully saturated rings. The zero-order valence-corrected chi connectivity index (χ0v) is 16.1. The van der Waals surface area contributed by atoms with Crippen molar-refractivity contribution in [3.63, 3.8) is 0 Å². The smallest absolute Gasteiger partial charge is 0.325 e. The van der Waals surface area contributed by atoms with Crippen LogP contribution >= 0.6 is 11.3 Å². The van der Waals surface area contributed by atoms with Crippen LogP contribution in [0.1, 0.15) is 22.9 Å². The summed E-state index contributed by atoms with van der Waals surface area (Å²) in [7, 11) is 1.64. The molecule has 1 aromatic carbocycles. The Hall–Kier alpha value is -2.74. The fourth-order valence-electron chi connectivity index (χ4n) is 2.95. The average molecular weight is 389 g/mol. The molecule has 1 aromatic heterocycles. The minimum Gasteiger partial charge on any atom is -0.339 e. The Balaban J connectivity index is 1.72. The first-order valence-corrected chi connectivity index (χ1v) is 9.27. The van der Waals surface area contributed by atoms with E-state index in [1.165, 1.54) is 29.2 Å². The van der Waals surface area contributed by atoms with Gasteiger partial charge >= 0.3 is 6.03 Å². The largest absolute Gasteiger partial charge is 0.339 e. The van der Waals surface area contributed by atoms with E-state index >= 15 is 0 Å². The molecule has 142 valence electrons. The lowest BCUT2D eigenvalue weighted by Gasteiger charge is -2.23. The molecule has 8 heteroatoms. The number of carbonyl (C=O) groups excluding carboxylic acids is 3. The predicted molar refractivity (Wildman–Crippen MR) is 99.5 cm³/mol. The number of rotatable bonds is 5. The van der Waals surface area contributed by atoms with E-state index in [0.717, 1.165) is 15.3 Å². The molecule has 1 saturated heterocycles. The summed E-state index contributed by atoms with van der Waals surface area (Å²) in [5.41, 5.74) is 0.229. The van der Waals surface area contributed by atoms with Gasteiger partial charge in [-0.05, 0) is 48.6 Å². The Bertz CT molecular complexity index is 896. The quantitative estimate of drug-likeness (QED) is 0.800. The van der Waals surface area contributed by atoms with Gasteiger partial charge in [-0.25, -0.2) is 9.18 Å². The van der Waals surface area contributed by atoms with E-state index in [1.807, 2.05) is 18.4 Å².